The Kier molecular flexibility index (Phi) is 4.24. The minimum atomic E-state index is -0.495. The number of nitro groups is 1. The molecule has 2 aromatic rings. The first-order chi connectivity index (χ1) is 9.51. The van der Waals surface area contributed by atoms with Gasteiger partial charge in [-0.25, -0.2) is 0 Å². The van der Waals surface area contributed by atoms with Gasteiger partial charge in [-0.3, -0.25) is 10.1 Å². The second-order valence-electron chi connectivity index (χ2n) is 4.10. The Balaban J connectivity index is 2.42. The van der Waals surface area contributed by atoms with Crippen LogP contribution in [0.15, 0.2) is 40.9 Å². The second-order valence-corrected chi connectivity index (χ2v) is 5.02. The van der Waals surface area contributed by atoms with Gasteiger partial charge in [0.05, 0.1) is 18.1 Å². The fourth-order valence-electron chi connectivity index (χ4n) is 1.66. The Bertz CT molecular complexity index is 658. The van der Waals surface area contributed by atoms with Crippen LogP contribution in [0, 0.1) is 17.0 Å². The summed E-state index contributed by atoms with van der Waals surface area (Å²) < 4.78 is 11.5. The van der Waals surface area contributed by atoms with Crippen LogP contribution in [0.3, 0.4) is 0 Å². The lowest BCUT2D eigenvalue weighted by Crippen LogP contribution is -1.95. The molecule has 0 spiro atoms. The number of hydrogen-bond acceptors (Lipinski definition) is 4. The number of halogens is 1. The summed E-state index contributed by atoms with van der Waals surface area (Å²) in [5, 5.41) is 11.1. The molecule has 0 unspecified atom stereocenters. The number of methoxy groups -OCH3 is 1. The van der Waals surface area contributed by atoms with Gasteiger partial charge in [0, 0.05) is 4.47 Å². The van der Waals surface area contributed by atoms with Gasteiger partial charge < -0.3 is 9.47 Å². The molecule has 0 atom stereocenters. The van der Waals surface area contributed by atoms with Gasteiger partial charge in [0.1, 0.15) is 11.5 Å². The van der Waals surface area contributed by atoms with Gasteiger partial charge in [-0.05, 0) is 36.8 Å². The minimum Gasteiger partial charge on any atom is -0.496 e. The van der Waals surface area contributed by atoms with Crippen LogP contribution < -0.4 is 9.47 Å². The molecule has 20 heavy (non-hydrogen) atoms. The van der Waals surface area contributed by atoms with Crippen LogP contribution >= 0.6 is 15.9 Å². The van der Waals surface area contributed by atoms with Crippen LogP contribution in [0.5, 0.6) is 17.2 Å². The maximum absolute atomic E-state index is 11.1. The SMILES string of the molecule is COc1ccc(Oc2cc(Br)ccc2C)c([N+](=O)[O-])c1. The average molecular weight is 338 g/mol. The molecule has 0 saturated carbocycles. The third kappa shape index (κ3) is 3.08. The molecule has 0 fully saturated rings. The van der Waals surface area contributed by atoms with Crippen LogP contribution in [0.25, 0.3) is 0 Å². The zero-order chi connectivity index (χ0) is 14.7. The highest BCUT2D eigenvalue weighted by molar-refractivity contribution is 9.10. The maximum Gasteiger partial charge on any atom is 0.315 e. The van der Waals surface area contributed by atoms with Crippen LogP contribution in [0.1, 0.15) is 5.56 Å². The third-order valence-electron chi connectivity index (χ3n) is 2.73. The van der Waals surface area contributed by atoms with Crippen molar-refractivity contribution in [3.05, 3.63) is 56.5 Å². The predicted octanol–water partition coefficient (Wildman–Crippen LogP) is 4.47. The monoisotopic (exact) mass is 337 g/mol. The van der Waals surface area contributed by atoms with E-state index in [1.807, 2.05) is 19.1 Å². The molecule has 0 aliphatic carbocycles. The summed E-state index contributed by atoms with van der Waals surface area (Å²) in [5.74, 6) is 1.15. The van der Waals surface area contributed by atoms with Gasteiger partial charge in [0.15, 0.2) is 0 Å². The van der Waals surface area contributed by atoms with Gasteiger partial charge in [-0.1, -0.05) is 22.0 Å². The van der Waals surface area contributed by atoms with E-state index >= 15 is 0 Å². The molecule has 104 valence electrons. The standard InChI is InChI=1S/C14H12BrNO4/c1-9-3-4-10(15)7-14(9)20-13-6-5-11(19-2)8-12(13)16(17)18/h3-8H,1-2H3. The summed E-state index contributed by atoms with van der Waals surface area (Å²) in [6, 6.07) is 10.00. The van der Waals surface area contributed by atoms with E-state index in [9.17, 15) is 10.1 Å². The highest BCUT2D eigenvalue weighted by Crippen LogP contribution is 2.36. The van der Waals surface area contributed by atoms with Crippen LogP contribution in [-0.4, -0.2) is 12.0 Å². The molecule has 5 nitrogen and oxygen atoms in total. The first-order valence-electron chi connectivity index (χ1n) is 5.77. The maximum atomic E-state index is 11.1. The zero-order valence-corrected chi connectivity index (χ0v) is 12.5. The van der Waals surface area contributed by atoms with Crippen molar-refractivity contribution in [3.63, 3.8) is 0 Å². The number of benzene rings is 2. The van der Waals surface area contributed by atoms with E-state index in [1.54, 1.807) is 12.1 Å². The van der Waals surface area contributed by atoms with Gasteiger partial charge in [-0.2, -0.15) is 0 Å². The molecule has 0 N–H and O–H groups in total. The Labute approximate surface area is 124 Å². The quantitative estimate of drug-likeness (QED) is 0.610. The summed E-state index contributed by atoms with van der Waals surface area (Å²) in [5.41, 5.74) is 0.752. The predicted molar refractivity (Wildman–Crippen MR) is 78.6 cm³/mol. The molecule has 0 heterocycles. The van der Waals surface area contributed by atoms with Crippen molar-refractivity contribution in [1.82, 2.24) is 0 Å². The van der Waals surface area contributed by atoms with Crippen molar-refractivity contribution in [1.29, 1.82) is 0 Å². The Morgan fingerprint density at radius 2 is 1.90 bits per heavy atom. The van der Waals surface area contributed by atoms with E-state index in [1.165, 1.54) is 19.2 Å². The first-order valence-corrected chi connectivity index (χ1v) is 6.57. The normalized spacial score (nSPS) is 10.2. The average Bonchev–Trinajstić information content (AvgIpc) is 2.43. The van der Waals surface area contributed by atoms with Gasteiger partial charge in [-0.15, -0.1) is 0 Å². The van der Waals surface area contributed by atoms with Crippen LogP contribution in [0.2, 0.25) is 0 Å². The third-order valence-corrected chi connectivity index (χ3v) is 3.23. The summed E-state index contributed by atoms with van der Waals surface area (Å²) in [7, 11) is 1.46. The zero-order valence-electron chi connectivity index (χ0n) is 10.9. The van der Waals surface area contributed by atoms with E-state index < -0.39 is 4.92 Å². The molecular weight excluding hydrogens is 326 g/mol. The van der Waals surface area contributed by atoms with E-state index in [0.717, 1.165) is 10.0 Å². The lowest BCUT2D eigenvalue weighted by Gasteiger charge is -2.10. The Morgan fingerprint density at radius 3 is 2.55 bits per heavy atom. The molecule has 6 heteroatoms. The van der Waals surface area contributed by atoms with E-state index in [4.69, 9.17) is 9.47 Å². The topological polar surface area (TPSA) is 61.6 Å². The van der Waals surface area contributed by atoms with E-state index in [-0.39, 0.29) is 11.4 Å². The fourth-order valence-corrected chi connectivity index (χ4v) is 2.00. The number of ether oxygens (including phenoxy) is 2. The summed E-state index contributed by atoms with van der Waals surface area (Å²) >= 11 is 3.35. The van der Waals surface area contributed by atoms with Crippen LogP contribution in [0.4, 0.5) is 5.69 Å². The summed E-state index contributed by atoms with van der Waals surface area (Å²) in [6.45, 7) is 1.87. The fraction of sp³-hybridized carbons (Fsp3) is 0.143. The van der Waals surface area contributed by atoms with Gasteiger partial charge in [0.2, 0.25) is 5.75 Å². The van der Waals surface area contributed by atoms with Crippen molar-refractivity contribution >= 4 is 21.6 Å². The minimum absolute atomic E-state index is 0.135. The number of rotatable bonds is 4. The highest BCUT2D eigenvalue weighted by atomic mass is 79.9. The molecule has 0 bridgehead atoms. The summed E-state index contributed by atoms with van der Waals surface area (Å²) in [6.07, 6.45) is 0. The molecule has 0 radical (unpaired) electrons. The number of nitrogens with zero attached hydrogens (tertiary/aromatic N) is 1. The second kappa shape index (κ2) is 5.92. The number of aryl methyl sites for hydroxylation is 1. The molecule has 0 saturated heterocycles. The number of hydrogen-bond donors (Lipinski definition) is 0. The lowest BCUT2D eigenvalue weighted by molar-refractivity contribution is -0.385. The van der Waals surface area contributed by atoms with Crippen molar-refractivity contribution < 1.29 is 14.4 Å². The molecule has 0 aromatic heterocycles. The first kappa shape index (κ1) is 14.3. The smallest absolute Gasteiger partial charge is 0.315 e. The molecule has 0 aliphatic rings. The van der Waals surface area contributed by atoms with Crippen LogP contribution in [-0.2, 0) is 0 Å². The van der Waals surface area contributed by atoms with Gasteiger partial charge in [0.25, 0.3) is 0 Å². The largest absolute Gasteiger partial charge is 0.496 e. The lowest BCUT2D eigenvalue weighted by atomic mass is 10.2. The van der Waals surface area contributed by atoms with Crippen molar-refractivity contribution in [2.75, 3.05) is 7.11 Å². The molecular formula is C14H12BrNO4. The van der Waals surface area contributed by atoms with Gasteiger partial charge >= 0.3 is 5.69 Å². The van der Waals surface area contributed by atoms with E-state index in [2.05, 4.69) is 15.9 Å². The van der Waals surface area contributed by atoms with Crippen molar-refractivity contribution in [3.8, 4) is 17.2 Å². The Hall–Kier alpha value is -2.08. The molecule has 0 amide bonds. The highest BCUT2D eigenvalue weighted by Gasteiger charge is 2.18. The number of nitro benzene ring substituents is 1. The molecule has 0 aliphatic heterocycles. The van der Waals surface area contributed by atoms with Crippen molar-refractivity contribution in [2.24, 2.45) is 0 Å². The molecule has 2 aromatic carbocycles. The Morgan fingerprint density at radius 1 is 1.15 bits per heavy atom. The van der Waals surface area contributed by atoms with E-state index in [0.29, 0.717) is 11.5 Å². The molecule has 2 rings (SSSR count). The summed E-state index contributed by atoms with van der Waals surface area (Å²) in [4.78, 5) is 10.6. The van der Waals surface area contributed by atoms with Crippen molar-refractivity contribution in [2.45, 2.75) is 6.92 Å².